The fraction of sp³-hybridized carbons (Fsp3) is 0.444. The second-order valence-corrected chi connectivity index (χ2v) is 5.93. The molecule has 2 rings (SSSR count). The largest absolute Gasteiger partial charge is 0.337 e. The molecular weight excluding hydrogens is 278 g/mol. The van der Waals surface area contributed by atoms with Crippen molar-refractivity contribution in [3.63, 3.8) is 0 Å². The molecule has 6 heteroatoms. The van der Waals surface area contributed by atoms with Gasteiger partial charge in [-0.3, -0.25) is 5.32 Å². The molecule has 4 nitrogen and oxygen atoms in total. The molecule has 2 amide bonds. The van der Waals surface area contributed by atoms with Gasteiger partial charge in [0.15, 0.2) is 0 Å². The standard InChI is InChI=1S/C9H12BrN3OS/c10-7-1-2-8(15-7)13-9(14)12-5-6-3-11-4-6/h1-2,6,11H,3-5H2,(H2,12,13,14). The number of halogens is 1. The minimum Gasteiger partial charge on any atom is -0.337 e. The molecule has 0 aromatic carbocycles. The zero-order valence-electron chi connectivity index (χ0n) is 8.05. The van der Waals surface area contributed by atoms with Gasteiger partial charge in [-0.05, 0) is 28.1 Å². The highest BCUT2D eigenvalue weighted by atomic mass is 79.9. The fourth-order valence-electron chi connectivity index (χ4n) is 1.27. The summed E-state index contributed by atoms with van der Waals surface area (Å²) in [6.07, 6.45) is 0. The number of hydrogen-bond donors (Lipinski definition) is 3. The number of carbonyl (C=O) groups is 1. The quantitative estimate of drug-likeness (QED) is 0.796. The zero-order valence-corrected chi connectivity index (χ0v) is 10.5. The van der Waals surface area contributed by atoms with E-state index in [9.17, 15) is 4.79 Å². The third kappa shape index (κ3) is 3.19. The third-order valence-electron chi connectivity index (χ3n) is 2.23. The van der Waals surface area contributed by atoms with Gasteiger partial charge in [-0.25, -0.2) is 4.79 Å². The van der Waals surface area contributed by atoms with E-state index in [1.807, 2.05) is 12.1 Å². The Bertz CT molecular complexity index is 351. The summed E-state index contributed by atoms with van der Waals surface area (Å²) in [5.74, 6) is 0.589. The van der Waals surface area contributed by atoms with Crippen LogP contribution < -0.4 is 16.0 Å². The van der Waals surface area contributed by atoms with E-state index in [2.05, 4.69) is 31.9 Å². The van der Waals surface area contributed by atoms with Crippen LogP contribution in [0.25, 0.3) is 0 Å². The van der Waals surface area contributed by atoms with Crippen molar-refractivity contribution in [3.05, 3.63) is 15.9 Å². The van der Waals surface area contributed by atoms with Crippen LogP contribution in [0.3, 0.4) is 0 Å². The Hall–Kier alpha value is -0.590. The smallest absolute Gasteiger partial charge is 0.319 e. The first-order valence-electron chi connectivity index (χ1n) is 4.75. The lowest BCUT2D eigenvalue weighted by Gasteiger charge is -2.26. The Morgan fingerprint density at radius 1 is 1.60 bits per heavy atom. The minimum absolute atomic E-state index is 0.128. The summed E-state index contributed by atoms with van der Waals surface area (Å²) in [5, 5.41) is 9.64. The molecule has 0 unspecified atom stereocenters. The highest BCUT2D eigenvalue weighted by Crippen LogP contribution is 2.26. The van der Waals surface area contributed by atoms with Crippen LogP contribution in [0, 0.1) is 5.92 Å². The Morgan fingerprint density at radius 2 is 2.40 bits per heavy atom. The van der Waals surface area contributed by atoms with E-state index < -0.39 is 0 Å². The first-order valence-corrected chi connectivity index (χ1v) is 6.36. The normalized spacial score (nSPS) is 15.8. The number of thiophene rings is 1. The highest BCUT2D eigenvalue weighted by molar-refractivity contribution is 9.11. The number of urea groups is 1. The van der Waals surface area contributed by atoms with Gasteiger partial charge in [-0.1, -0.05) is 0 Å². The van der Waals surface area contributed by atoms with E-state index in [0.29, 0.717) is 5.92 Å². The Labute approximate surface area is 101 Å². The summed E-state index contributed by atoms with van der Waals surface area (Å²) in [6, 6.07) is 3.66. The van der Waals surface area contributed by atoms with Crippen LogP contribution >= 0.6 is 27.3 Å². The summed E-state index contributed by atoms with van der Waals surface area (Å²) in [5.41, 5.74) is 0. The molecule has 0 radical (unpaired) electrons. The number of hydrogen-bond acceptors (Lipinski definition) is 3. The lowest BCUT2D eigenvalue weighted by Crippen LogP contribution is -2.48. The molecular formula is C9H12BrN3OS. The van der Waals surface area contributed by atoms with Crippen LogP contribution in [0.15, 0.2) is 15.9 Å². The second-order valence-electron chi connectivity index (χ2n) is 3.46. The van der Waals surface area contributed by atoms with Crippen molar-refractivity contribution < 1.29 is 4.79 Å². The molecule has 0 atom stereocenters. The van der Waals surface area contributed by atoms with Gasteiger partial charge in [0.05, 0.1) is 8.79 Å². The molecule has 0 saturated carbocycles. The van der Waals surface area contributed by atoms with Gasteiger partial charge in [0, 0.05) is 25.6 Å². The predicted octanol–water partition coefficient (Wildman–Crippen LogP) is 1.85. The maximum Gasteiger partial charge on any atom is 0.319 e. The van der Waals surface area contributed by atoms with E-state index >= 15 is 0 Å². The number of carbonyl (C=O) groups excluding carboxylic acids is 1. The second kappa shape index (κ2) is 4.96. The summed E-state index contributed by atoms with van der Waals surface area (Å²) in [7, 11) is 0. The average molecular weight is 290 g/mol. The van der Waals surface area contributed by atoms with Crippen LogP contribution in [0.2, 0.25) is 0 Å². The lowest BCUT2D eigenvalue weighted by molar-refractivity contribution is 0.246. The molecule has 2 heterocycles. The lowest BCUT2D eigenvalue weighted by atomic mass is 10.0. The molecule has 0 spiro atoms. The topological polar surface area (TPSA) is 53.2 Å². The molecule has 0 bridgehead atoms. The molecule has 1 saturated heterocycles. The van der Waals surface area contributed by atoms with Crippen LogP contribution in [-0.2, 0) is 0 Å². The number of amides is 2. The molecule has 15 heavy (non-hydrogen) atoms. The van der Waals surface area contributed by atoms with Crippen LogP contribution in [0.1, 0.15) is 0 Å². The Morgan fingerprint density at radius 3 is 2.93 bits per heavy atom. The monoisotopic (exact) mass is 289 g/mol. The maximum absolute atomic E-state index is 11.4. The summed E-state index contributed by atoms with van der Waals surface area (Å²) in [6.45, 7) is 2.75. The van der Waals surface area contributed by atoms with E-state index in [1.165, 1.54) is 11.3 Å². The number of rotatable bonds is 3. The number of anilines is 1. The van der Waals surface area contributed by atoms with Crippen molar-refractivity contribution >= 4 is 38.3 Å². The molecule has 82 valence electrons. The molecule has 3 N–H and O–H groups in total. The first kappa shape index (κ1) is 10.9. The molecule has 1 fully saturated rings. The predicted molar refractivity (Wildman–Crippen MR) is 65.4 cm³/mol. The van der Waals surface area contributed by atoms with Crippen LogP contribution in [-0.4, -0.2) is 25.7 Å². The number of nitrogens with one attached hydrogen (secondary N) is 3. The Balaban J connectivity index is 1.71. The van der Waals surface area contributed by atoms with Gasteiger partial charge in [-0.15, -0.1) is 11.3 Å². The molecule has 0 aliphatic carbocycles. The summed E-state index contributed by atoms with van der Waals surface area (Å²) >= 11 is 4.85. The van der Waals surface area contributed by atoms with E-state index in [4.69, 9.17) is 0 Å². The fourth-order valence-corrected chi connectivity index (χ4v) is 2.55. The van der Waals surface area contributed by atoms with Crippen molar-refractivity contribution in [1.29, 1.82) is 0 Å². The maximum atomic E-state index is 11.4. The van der Waals surface area contributed by atoms with Gasteiger partial charge in [-0.2, -0.15) is 0 Å². The van der Waals surface area contributed by atoms with Crippen molar-refractivity contribution in [2.24, 2.45) is 5.92 Å². The molecule has 1 aliphatic rings. The highest BCUT2D eigenvalue weighted by Gasteiger charge is 2.17. The summed E-state index contributed by atoms with van der Waals surface area (Å²) < 4.78 is 1.01. The SMILES string of the molecule is O=C(NCC1CNC1)Nc1ccc(Br)s1. The van der Waals surface area contributed by atoms with Crippen molar-refractivity contribution in [3.8, 4) is 0 Å². The van der Waals surface area contributed by atoms with Gasteiger partial charge in [0.2, 0.25) is 0 Å². The third-order valence-corrected chi connectivity index (χ3v) is 3.77. The van der Waals surface area contributed by atoms with Crippen molar-refractivity contribution in [2.45, 2.75) is 0 Å². The molecule has 1 aromatic rings. The van der Waals surface area contributed by atoms with Gasteiger partial charge in [0.25, 0.3) is 0 Å². The van der Waals surface area contributed by atoms with Crippen molar-refractivity contribution in [2.75, 3.05) is 25.0 Å². The summed E-state index contributed by atoms with van der Waals surface area (Å²) in [4.78, 5) is 11.4. The van der Waals surface area contributed by atoms with Gasteiger partial charge < -0.3 is 10.6 Å². The van der Waals surface area contributed by atoms with Crippen LogP contribution in [0.5, 0.6) is 0 Å². The van der Waals surface area contributed by atoms with Gasteiger partial charge in [0.1, 0.15) is 0 Å². The van der Waals surface area contributed by atoms with Crippen LogP contribution in [0.4, 0.5) is 9.80 Å². The van der Waals surface area contributed by atoms with E-state index in [1.54, 1.807) is 0 Å². The molecule has 1 aromatic heterocycles. The van der Waals surface area contributed by atoms with Crippen molar-refractivity contribution in [1.82, 2.24) is 10.6 Å². The van der Waals surface area contributed by atoms with Gasteiger partial charge >= 0.3 is 6.03 Å². The average Bonchev–Trinajstić information content (AvgIpc) is 2.48. The minimum atomic E-state index is -0.128. The van der Waals surface area contributed by atoms with E-state index in [0.717, 1.165) is 28.4 Å². The first-order chi connectivity index (χ1) is 7.24. The van der Waals surface area contributed by atoms with E-state index in [-0.39, 0.29) is 6.03 Å². The Kier molecular flexibility index (Phi) is 3.61. The molecule has 1 aliphatic heterocycles. The zero-order chi connectivity index (χ0) is 10.7.